The molecule has 0 aliphatic rings. The van der Waals surface area contributed by atoms with Crippen LogP contribution in [0.4, 0.5) is 0 Å². The smallest absolute Gasteiger partial charge is 0.247 e. The number of imidazole rings is 1. The van der Waals surface area contributed by atoms with Gasteiger partial charge in [-0.25, -0.2) is 4.98 Å². The highest BCUT2D eigenvalue weighted by Crippen LogP contribution is 2.19. The lowest BCUT2D eigenvalue weighted by Gasteiger charge is -1.95. The van der Waals surface area contributed by atoms with Crippen molar-refractivity contribution in [2.24, 2.45) is 0 Å². The molecule has 0 aliphatic heterocycles. The van der Waals surface area contributed by atoms with Crippen molar-refractivity contribution in [3.8, 4) is 17.3 Å². The minimum absolute atomic E-state index is 0.144. The third kappa shape index (κ3) is 1.73. The van der Waals surface area contributed by atoms with Crippen molar-refractivity contribution in [3.05, 3.63) is 40.8 Å². The first-order valence-electron chi connectivity index (χ1n) is 5.36. The minimum atomic E-state index is -0.144. The van der Waals surface area contributed by atoms with Gasteiger partial charge in [-0.1, -0.05) is 0 Å². The normalized spacial score (nSPS) is 10.7. The van der Waals surface area contributed by atoms with Crippen LogP contribution in [0.2, 0.25) is 0 Å². The van der Waals surface area contributed by atoms with E-state index in [-0.39, 0.29) is 5.56 Å². The van der Waals surface area contributed by atoms with Gasteiger partial charge in [0.2, 0.25) is 11.4 Å². The Hall–Kier alpha value is -2.63. The van der Waals surface area contributed by atoms with Crippen molar-refractivity contribution in [2.75, 3.05) is 7.11 Å². The number of aromatic nitrogens is 4. The fourth-order valence-corrected chi connectivity index (χ4v) is 1.68. The van der Waals surface area contributed by atoms with Gasteiger partial charge in [0.1, 0.15) is 5.82 Å². The van der Waals surface area contributed by atoms with Crippen LogP contribution in [0.25, 0.3) is 22.6 Å². The number of pyridine rings is 2. The summed E-state index contributed by atoms with van der Waals surface area (Å²) in [6.07, 6.45) is 1.61. The Bertz CT molecular complexity index is 740. The van der Waals surface area contributed by atoms with Crippen LogP contribution in [-0.2, 0) is 0 Å². The van der Waals surface area contributed by atoms with Crippen molar-refractivity contribution in [2.45, 2.75) is 0 Å². The predicted octanol–water partition coefficient (Wildman–Crippen LogP) is 1.32. The quantitative estimate of drug-likeness (QED) is 0.709. The maximum atomic E-state index is 11.0. The number of ether oxygens (including phenoxy) is 1. The molecule has 0 radical (unpaired) electrons. The highest BCUT2D eigenvalue weighted by molar-refractivity contribution is 5.76. The predicted molar refractivity (Wildman–Crippen MR) is 66.5 cm³/mol. The molecule has 0 bridgehead atoms. The van der Waals surface area contributed by atoms with E-state index in [0.717, 1.165) is 11.1 Å². The summed E-state index contributed by atoms with van der Waals surface area (Å²) >= 11 is 0. The number of hydrogen-bond donors (Lipinski definition) is 2. The van der Waals surface area contributed by atoms with Crippen LogP contribution in [0.3, 0.4) is 0 Å². The van der Waals surface area contributed by atoms with Crippen LogP contribution in [0.1, 0.15) is 0 Å². The first-order valence-corrected chi connectivity index (χ1v) is 5.36. The summed E-state index contributed by atoms with van der Waals surface area (Å²) in [5.74, 6) is 1.17. The molecular formula is C12H10N4O2. The first kappa shape index (κ1) is 10.5. The van der Waals surface area contributed by atoms with Crippen LogP contribution in [0, 0.1) is 0 Å². The second kappa shape index (κ2) is 3.99. The van der Waals surface area contributed by atoms with E-state index in [0.29, 0.717) is 17.4 Å². The summed E-state index contributed by atoms with van der Waals surface area (Å²) in [6.45, 7) is 0. The molecule has 90 valence electrons. The Balaban J connectivity index is 2.12. The molecule has 3 aromatic rings. The molecule has 0 aliphatic carbocycles. The van der Waals surface area contributed by atoms with E-state index in [1.807, 2.05) is 6.07 Å². The third-order valence-electron chi connectivity index (χ3n) is 2.59. The summed E-state index contributed by atoms with van der Waals surface area (Å²) < 4.78 is 5.04. The molecule has 6 nitrogen and oxygen atoms in total. The zero-order valence-electron chi connectivity index (χ0n) is 9.60. The molecule has 0 amide bonds. The molecule has 0 aromatic carbocycles. The van der Waals surface area contributed by atoms with Crippen LogP contribution in [0.15, 0.2) is 35.3 Å². The van der Waals surface area contributed by atoms with Crippen LogP contribution < -0.4 is 10.3 Å². The van der Waals surface area contributed by atoms with Crippen molar-refractivity contribution in [1.82, 2.24) is 19.9 Å². The van der Waals surface area contributed by atoms with Crippen LogP contribution in [-0.4, -0.2) is 27.0 Å². The molecule has 0 spiro atoms. The largest absolute Gasteiger partial charge is 0.481 e. The zero-order valence-corrected chi connectivity index (χ0v) is 9.60. The van der Waals surface area contributed by atoms with Crippen LogP contribution >= 0.6 is 0 Å². The monoisotopic (exact) mass is 242 g/mol. The number of methoxy groups -OCH3 is 1. The van der Waals surface area contributed by atoms with Gasteiger partial charge in [0.05, 0.1) is 12.6 Å². The molecule has 18 heavy (non-hydrogen) atoms. The van der Waals surface area contributed by atoms with Gasteiger partial charge in [-0.05, 0) is 12.1 Å². The van der Waals surface area contributed by atoms with Gasteiger partial charge in [0.15, 0.2) is 5.65 Å². The average molecular weight is 242 g/mol. The first-order chi connectivity index (χ1) is 8.76. The maximum Gasteiger partial charge on any atom is 0.247 e. The third-order valence-corrected chi connectivity index (χ3v) is 2.59. The topological polar surface area (TPSA) is 83.7 Å². The number of nitrogens with one attached hydrogen (secondary N) is 2. The lowest BCUT2D eigenvalue weighted by Crippen LogP contribution is -2.01. The van der Waals surface area contributed by atoms with E-state index >= 15 is 0 Å². The molecule has 0 saturated heterocycles. The Labute approximate surface area is 102 Å². The number of rotatable bonds is 2. The average Bonchev–Trinajstić information content (AvgIpc) is 2.82. The van der Waals surface area contributed by atoms with Gasteiger partial charge in [-0.15, -0.1) is 0 Å². The Morgan fingerprint density at radius 1 is 1.17 bits per heavy atom. The van der Waals surface area contributed by atoms with Gasteiger partial charge in [-0.2, -0.15) is 4.98 Å². The van der Waals surface area contributed by atoms with Crippen molar-refractivity contribution in [3.63, 3.8) is 0 Å². The molecule has 3 rings (SSSR count). The van der Waals surface area contributed by atoms with Crippen LogP contribution in [0.5, 0.6) is 5.88 Å². The van der Waals surface area contributed by atoms with Gasteiger partial charge in [0.25, 0.3) is 0 Å². The van der Waals surface area contributed by atoms with Crippen molar-refractivity contribution < 1.29 is 4.74 Å². The lowest BCUT2D eigenvalue weighted by molar-refractivity contribution is 0.399. The van der Waals surface area contributed by atoms with Crippen molar-refractivity contribution in [1.29, 1.82) is 0 Å². The maximum absolute atomic E-state index is 11.0. The summed E-state index contributed by atoms with van der Waals surface area (Å²) in [7, 11) is 1.56. The van der Waals surface area contributed by atoms with Gasteiger partial charge < -0.3 is 14.7 Å². The minimum Gasteiger partial charge on any atom is -0.481 e. The van der Waals surface area contributed by atoms with E-state index in [9.17, 15) is 4.79 Å². The molecule has 0 saturated carbocycles. The Morgan fingerprint density at radius 3 is 2.78 bits per heavy atom. The fraction of sp³-hybridized carbons (Fsp3) is 0.0833. The number of H-pyrrole nitrogens is 2. The molecule has 0 atom stereocenters. The molecule has 3 aromatic heterocycles. The Kier molecular flexibility index (Phi) is 2.33. The molecule has 2 N–H and O–H groups in total. The summed E-state index contributed by atoms with van der Waals surface area (Å²) in [5.41, 5.74) is 2.05. The van der Waals surface area contributed by atoms with Gasteiger partial charge >= 0.3 is 0 Å². The molecule has 0 fully saturated rings. The summed E-state index contributed by atoms with van der Waals surface area (Å²) in [5, 5.41) is 0. The summed E-state index contributed by atoms with van der Waals surface area (Å²) in [6, 6.07) is 6.77. The highest BCUT2D eigenvalue weighted by Gasteiger charge is 2.07. The van der Waals surface area contributed by atoms with Gasteiger partial charge in [-0.3, -0.25) is 4.79 Å². The number of aromatic amines is 2. The second-order valence-corrected chi connectivity index (χ2v) is 3.75. The van der Waals surface area contributed by atoms with E-state index in [1.54, 1.807) is 25.4 Å². The molecular weight excluding hydrogens is 232 g/mol. The molecule has 6 heteroatoms. The number of hydrogen-bond acceptors (Lipinski definition) is 4. The van der Waals surface area contributed by atoms with E-state index < -0.39 is 0 Å². The highest BCUT2D eigenvalue weighted by atomic mass is 16.5. The molecule has 0 unspecified atom stereocenters. The van der Waals surface area contributed by atoms with Crippen molar-refractivity contribution >= 4 is 11.2 Å². The SMILES string of the molecule is COc1ccc2[nH]c(-c3ccc(=O)[nH]c3)nc2n1. The zero-order chi connectivity index (χ0) is 12.5. The lowest BCUT2D eigenvalue weighted by atomic mass is 10.3. The molecule has 3 heterocycles. The van der Waals surface area contributed by atoms with E-state index in [4.69, 9.17) is 4.74 Å². The second-order valence-electron chi connectivity index (χ2n) is 3.75. The standard InChI is InChI=1S/C12H10N4O2/c1-18-10-5-3-8-12(15-10)16-11(14-8)7-2-4-9(17)13-6-7/h2-6H,1H3,(H,13,17)(H,14,15,16). The van der Waals surface area contributed by atoms with E-state index in [1.165, 1.54) is 6.07 Å². The fourth-order valence-electron chi connectivity index (χ4n) is 1.68. The number of fused-ring (bicyclic) bond motifs is 1. The van der Waals surface area contributed by atoms with Gasteiger partial charge in [0, 0.05) is 23.9 Å². The Morgan fingerprint density at radius 2 is 2.06 bits per heavy atom. The number of nitrogens with zero attached hydrogens (tertiary/aromatic N) is 2. The van der Waals surface area contributed by atoms with E-state index in [2.05, 4.69) is 19.9 Å². The summed E-state index contributed by atoms with van der Waals surface area (Å²) in [4.78, 5) is 25.3.